The van der Waals surface area contributed by atoms with E-state index in [1.54, 1.807) is 29.0 Å². The number of fused-ring (bicyclic) bond motifs is 1. The molecule has 1 aromatic rings. The van der Waals surface area contributed by atoms with E-state index < -0.39 is 40.7 Å². The molecule has 8 nitrogen and oxygen atoms in total. The lowest BCUT2D eigenvalue weighted by molar-refractivity contribution is -0.159. The summed E-state index contributed by atoms with van der Waals surface area (Å²) in [6.45, 7) is 17.6. The SMILES string of the molecule is C=CCN(C)C(=O)[C@H]1[C@H]2C(=O)N([C@H](CO)c3ccccc3)C(C(=O)N(CC=C)C(C)(C)C)C23CC(C)[C@]1(C)O3. The smallest absolute Gasteiger partial charge is 0.249 e. The van der Waals surface area contributed by atoms with E-state index in [1.165, 1.54) is 4.90 Å². The first-order valence-electron chi connectivity index (χ1n) is 13.8. The lowest BCUT2D eigenvalue weighted by Gasteiger charge is -2.43. The lowest BCUT2D eigenvalue weighted by Crippen LogP contribution is -2.60. The Morgan fingerprint density at radius 2 is 1.79 bits per heavy atom. The highest BCUT2D eigenvalue weighted by Crippen LogP contribution is 2.66. The zero-order valence-corrected chi connectivity index (χ0v) is 24.1. The fourth-order valence-corrected chi connectivity index (χ4v) is 7.19. The Morgan fingerprint density at radius 1 is 1.18 bits per heavy atom. The van der Waals surface area contributed by atoms with Gasteiger partial charge in [0.25, 0.3) is 0 Å². The van der Waals surface area contributed by atoms with Crippen LogP contribution in [0.3, 0.4) is 0 Å². The van der Waals surface area contributed by atoms with Crippen LogP contribution in [0, 0.1) is 17.8 Å². The Kier molecular flexibility index (Phi) is 7.60. The van der Waals surface area contributed by atoms with Crippen molar-refractivity contribution in [2.75, 3.05) is 26.7 Å². The molecule has 212 valence electrons. The molecule has 1 N–H and O–H groups in total. The molecule has 3 heterocycles. The summed E-state index contributed by atoms with van der Waals surface area (Å²) in [5, 5.41) is 10.7. The molecule has 0 aromatic heterocycles. The molecule has 7 atom stereocenters. The van der Waals surface area contributed by atoms with E-state index in [9.17, 15) is 19.5 Å². The molecule has 1 aromatic carbocycles. The minimum absolute atomic E-state index is 0.0744. The van der Waals surface area contributed by atoms with Gasteiger partial charge in [-0.2, -0.15) is 0 Å². The highest BCUT2D eigenvalue weighted by Gasteiger charge is 2.80. The first-order valence-corrected chi connectivity index (χ1v) is 13.8. The third-order valence-electron chi connectivity index (χ3n) is 9.11. The van der Waals surface area contributed by atoms with Gasteiger partial charge in [-0.3, -0.25) is 14.4 Å². The molecule has 3 aliphatic heterocycles. The zero-order chi connectivity index (χ0) is 28.9. The van der Waals surface area contributed by atoms with Crippen molar-refractivity contribution < 1.29 is 24.2 Å². The number of amides is 3. The first kappa shape index (κ1) is 29.0. The van der Waals surface area contributed by atoms with Crippen LogP contribution in [0.2, 0.25) is 0 Å². The number of benzene rings is 1. The summed E-state index contributed by atoms with van der Waals surface area (Å²) in [7, 11) is 1.70. The highest BCUT2D eigenvalue weighted by molar-refractivity contribution is 5.99. The second-order valence-corrected chi connectivity index (χ2v) is 12.5. The summed E-state index contributed by atoms with van der Waals surface area (Å²) in [5.41, 5.74) is -1.97. The van der Waals surface area contributed by atoms with Gasteiger partial charge in [0, 0.05) is 25.7 Å². The number of likely N-dealkylation sites (N-methyl/N-ethyl adjacent to an activating group) is 1. The van der Waals surface area contributed by atoms with Crippen LogP contribution in [-0.2, 0) is 19.1 Å². The molecule has 3 aliphatic rings. The largest absolute Gasteiger partial charge is 0.394 e. The number of nitrogens with zero attached hydrogens (tertiary/aromatic N) is 3. The van der Waals surface area contributed by atoms with E-state index >= 15 is 0 Å². The summed E-state index contributed by atoms with van der Waals surface area (Å²) >= 11 is 0. The van der Waals surface area contributed by atoms with Gasteiger partial charge in [0.05, 0.1) is 30.1 Å². The second-order valence-electron chi connectivity index (χ2n) is 12.5. The van der Waals surface area contributed by atoms with Crippen LogP contribution >= 0.6 is 0 Å². The van der Waals surface area contributed by atoms with Crippen molar-refractivity contribution in [3.05, 3.63) is 61.2 Å². The molecule has 3 amide bonds. The molecular formula is C31H43N3O5. The van der Waals surface area contributed by atoms with E-state index in [0.717, 1.165) is 0 Å². The van der Waals surface area contributed by atoms with Gasteiger partial charge in [-0.15, -0.1) is 13.2 Å². The third kappa shape index (κ3) is 4.32. The molecule has 3 saturated heterocycles. The van der Waals surface area contributed by atoms with Crippen LogP contribution in [0.4, 0.5) is 0 Å². The Labute approximate surface area is 232 Å². The quantitative estimate of drug-likeness (QED) is 0.489. The van der Waals surface area contributed by atoms with Crippen LogP contribution in [-0.4, -0.2) is 87.1 Å². The number of hydrogen-bond donors (Lipinski definition) is 1. The topological polar surface area (TPSA) is 90.4 Å². The van der Waals surface area contributed by atoms with Gasteiger partial charge in [-0.05, 0) is 45.6 Å². The number of carbonyl (C=O) groups is 3. The van der Waals surface area contributed by atoms with Gasteiger partial charge in [-0.1, -0.05) is 49.4 Å². The molecule has 1 spiro atoms. The molecule has 4 rings (SSSR count). The Morgan fingerprint density at radius 3 is 2.33 bits per heavy atom. The molecular weight excluding hydrogens is 494 g/mol. The maximum absolute atomic E-state index is 14.7. The van der Waals surface area contributed by atoms with Crippen molar-refractivity contribution in [1.82, 2.24) is 14.7 Å². The number of hydrogen-bond acceptors (Lipinski definition) is 5. The minimum Gasteiger partial charge on any atom is -0.394 e. The summed E-state index contributed by atoms with van der Waals surface area (Å²) in [6, 6.07) is 7.45. The maximum Gasteiger partial charge on any atom is 0.249 e. The van der Waals surface area contributed by atoms with Crippen molar-refractivity contribution in [3.63, 3.8) is 0 Å². The van der Waals surface area contributed by atoms with Crippen molar-refractivity contribution in [3.8, 4) is 0 Å². The van der Waals surface area contributed by atoms with Crippen molar-refractivity contribution >= 4 is 17.7 Å². The van der Waals surface area contributed by atoms with E-state index in [0.29, 0.717) is 18.5 Å². The average Bonchev–Trinajstić information content (AvgIpc) is 3.39. The molecule has 39 heavy (non-hydrogen) atoms. The zero-order valence-electron chi connectivity index (χ0n) is 24.1. The Hall–Kier alpha value is -2.97. The van der Waals surface area contributed by atoms with Crippen LogP contribution in [0.25, 0.3) is 0 Å². The monoisotopic (exact) mass is 537 g/mol. The van der Waals surface area contributed by atoms with Crippen molar-refractivity contribution in [2.45, 2.75) is 69.9 Å². The van der Waals surface area contributed by atoms with E-state index in [2.05, 4.69) is 13.2 Å². The maximum atomic E-state index is 14.7. The van der Waals surface area contributed by atoms with Crippen molar-refractivity contribution in [2.24, 2.45) is 17.8 Å². The fourth-order valence-electron chi connectivity index (χ4n) is 7.19. The van der Waals surface area contributed by atoms with Gasteiger partial charge in [-0.25, -0.2) is 0 Å². The molecule has 3 unspecified atom stereocenters. The molecule has 8 heteroatoms. The highest BCUT2D eigenvalue weighted by atomic mass is 16.5. The van der Waals surface area contributed by atoms with Crippen LogP contribution < -0.4 is 0 Å². The number of aliphatic hydroxyl groups is 1. The number of aliphatic hydroxyl groups excluding tert-OH is 1. The second kappa shape index (κ2) is 10.2. The van der Waals surface area contributed by atoms with Crippen LogP contribution in [0.5, 0.6) is 0 Å². The number of ether oxygens (including phenoxy) is 1. The Balaban J connectivity index is 1.93. The summed E-state index contributed by atoms with van der Waals surface area (Å²) < 4.78 is 6.86. The van der Waals surface area contributed by atoms with E-state index in [1.807, 2.05) is 65.0 Å². The van der Waals surface area contributed by atoms with Crippen LogP contribution in [0.1, 0.15) is 52.6 Å². The standard InChI is InChI=1S/C31H43N3O5/c1-9-16-32(8)26(36)23-24-27(37)34(22(19-35)21-14-12-11-13-15-21)25(28(38)33(17-10-2)29(4,5)6)31(24)18-20(3)30(23,7)39-31/h9-15,20,22-25,35H,1-2,16-19H2,3-8H3/t20?,22-,23-,24+,25?,30+,31?/m1/s1. The predicted octanol–water partition coefficient (Wildman–Crippen LogP) is 3.19. The molecule has 3 fully saturated rings. The van der Waals surface area contributed by atoms with Gasteiger partial charge < -0.3 is 24.5 Å². The number of carbonyl (C=O) groups excluding carboxylic acids is 3. The van der Waals surface area contributed by atoms with Gasteiger partial charge in [0.15, 0.2) is 0 Å². The van der Waals surface area contributed by atoms with Crippen molar-refractivity contribution in [1.29, 1.82) is 0 Å². The average molecular weight is 538 g/mol. The molecule has 2 bridgehead atoms. The van der Waals surface area contributed by atoms with Gasteiger partial charge in [0.2, 0.25) is 17.7 Å². The first-order chi connectivity index (χ1) is 18.3. The summed E-state index contributed by atoms with van der Waals surface area (Å²) in [4.78, 5) is 48.0. The third-order valence-corrected chi connectivity index (χ3v) is 9.11. The minimum atomic E-state index is -1.20. The molecule has 0 saturated carbocycles. The fraction of sp³-hybridized carbons (Fsp3) is 0.581. The van der Waals surface area contributed by atoms with Crippen LogP contribution in [0.15, 0.2) is 55.6 Å². The molecule has 0 aliphatic carbocycles. The van der Waals surface area contributed by atoms with Gasteiger partial charge >= 0.3 is 0 Å². The van der Waals surface area contributed by atoms with E-state index in [-0.39, 0.29) is 36.8 Å². The van der Waals surface area contributed by atoms with E-state index in [4.69, 9.17) is 4.74 Å². The Bertz CT molecular complexity index is 1150. The normalized spacial score (nSPS) is 32.1. The lowest BCUT2D eigenvalue weighted by atomic mass is 9.62. The summed E-state index contributed by atoms with van der Waals surface area (Å²) in [6.07, 6.45) is 3.78. The number of likely N-dealkylation sites (tertiary alicyclic amines) is 1. The summed E-state index contributed by atoms with van der Waals surface area (Å²) in [5.74, 6) is -2.49. The molecule has 0 radical (unpaired) electrons. The number of rotatable bonds is 9. The van der Waals surface area contributed by atoms with Gasteiger partial charge in [0.1, 0.15) is 11.6 Å². The predicted molar refractivity (Wildman–Crippen MR) is 149 cm³/mol.